The summed E-state index contributed by atoms with van der Waals surface area (Å²) in [6.45, 7) is 4.82. The van der Waals surface area contributed by atoms with Crippen LogP contribution in [0.15, 0.2) is 54.6 Å². The van der Waals surface area contributed by atoms with Gasteiger partial charge in [-0.05, 0) is 24.1 Å². The predicted octanol–water partition coefficient (Wildman–Crippen LogP) is 2.05. The van der Waals surface area contributed by atoms with Gasteiger partial charge in [0.2, 0.25) is 5.91 Å². The summed E-state index contributed by atoms with van der Waals surface area (Å²) in [6, 6.07) is 16.4. The van der Waals surface area contributed by atoms with Crippen molar-refractivity contribution in [3.05, 3.63) is 66.0 Å². The molecule has 4 rings (SSSR count). The molecule has 6 nitrogen and oxygen atoms in total. The summed E-state index contributed by atoms with van der Waals surface area (Å²) in [7, 11) is 0. The number of halogens is 1. The number of amides is 2. The van der Waals surface area contributed by atoms with Gasteiger partial charge < -0.3 is 14.5 Å². The molecule has 2 aromatic rings. The smallest absolute Gasteiger partial charge is 0.260 e. The number of ether oxygens (including phenoxy) is 1. The molecular formula is C24H28FN3O3. The minimum Gasteiger partial charge on any atom is -0.481 e. The fourth-order valence-electron chi connectivity index (χ4n) is 4.01. The lowest BCUT2D eigenvalue weighted by Crippen LogP contribution is -2.59. The van der Waals surface area contributed by atoms with Crippen LogP contribution in [0.4, 0.5) is 4.39 Å². The van der Waals surface area contributed by atoms with Crippen molar-refractivity contribution in [2.75, 3.05) is 52.4 Å². The highest BCUT2D eigenvalue weighted by atomic mass is 19.1. The number of para-hydroxylation sites is 1. The Labute approximate surface area is 182 Å². The lowest BCUT2D eigenvalue weighted by molar-refractivity contribution is -0.150. The van der Waals surface area contributed by atoms with E-state index in [0.29, 0.717) is 13.1 Å². The van der Waals surface area contributed by atoms with E-state index in [2.05, 4.69) is 29.2 Å². The van der Waals surface area contributed by atoms with E-state index in [1.807, 2.05) is 11.0 Å². The minimum absolute atomic E-state index is 0.0640. The average molecular weight is 426 g/mol. The number of likely N-dealkylation sites (tertiary alicyclic amines) is 1. The van der Waals surface area contributed by atoms with E-state index in [4.69, 9.17) is 4.74 Å². The molecule has 0 atom stereocenters. The quantitative estimate of drug-likeness (QED) is 0.682. The van der Waals surface area contributed by atoms with Gasteiger partial charge in [0, 0.05) is 45.8 Å². The standard InChI is InChI=1S/C24H28FN3O3/c25-21-8-4-5-9-22(21)31-18-23(29)28-16-20(17-28)24(30)27-14-12-26(13-15-27)11-10-19-6-2-1-3-7-19/h1-9,20H,10-18H2. The molecule has 164 valence electrons. The van der Waals surface area contributed by atoms with Crippen molar-refractivity contribution >= 4 is 11.8 Å². The van der Waals surface area contributed by atoms with Gasteiger partial charge in [0.25, 0.3) is 5.91 Å². The van der Waals surface area contributed by atoms with Crippen LogP contribution in [-0.2, 0) is 16.0 Å². The molecule has 2 aliphatic rings. The first-order valence-corrected chi connectivity index (χ1v) is 10.8. The summed E-state index contributed by atoms with van der Waals surface area (Å²) in [4.78, 5) is 30.9. The number of piperazine rings is 1. The van der Waals surface area contributed by atoms with Crippen LogP contribution in [0.1, 0.15) is 5.56 Å². The molecule has 0 aliphatic carbocycles. The minimum atomic E-state index is -0.491. The Kier molecular flexibility index (Phi) is 6.82. The summed E-state index contributed by atoms with van der Waals surface area (Å²) in [5.41, 5.74) is 1.33. The molecule has 2 aromatic carbocycles. The molecule has 0 saturated carbocycles. The maximum Gasteiger partial charge on any atom is 0.260 e. The Morgan fingerprint density at radius 3 is 2.29 bits per heavy atom. The second-order valence-electron chi connectivity index (χ2n) is 8.12. The lowest BCUT2D eigenvalue weighted by atomic mass is 9.98. The van der Waals surface area contributed by atoms with Crippen LogP contribution in [-0.4, -0.2) is 78.9 Å². The highest BCUT2D eigenvalue weighted by Crippen LogP contribution is 2.21. The molecule has 0 bridgehead atoms. The number of rotatable bonds is 7. The van der Waals surface area contributed by atoms with E-state index in [9.17, 15) is 14.0 Å². The van der Waals surface area contributed by atoms with Gasteiger partial charge in [-0.3, -0.25) is 14.5 Å². The molecule has 2 fully saturated rings. The summed E-state index contributed by atoms with van der Waals surface area (Å²) in [5.74, 6) is -0.669. The van der Waals surface area contributed by atoms with Crippen LogP contribution in [0.3, 0.4) is 0 Å². The Bertz CT molecular complexity index is 894. The fourth-order valence-corrected chi connectivity index (χ4v) is 4.01. The van der Waals surface area contributed by atoms with E-state index in [0.717, 1.165) is 39.1 Å². The molecule has 2 aliphatic heterocycles. The second kappa shape index (κ2) is 9.92. The summed E-state index contributed by atoms with van der Waals surface area (Å²) in [5, 5.41) is 0. The lowest BCUT2D eigenvalue weighted by Gasteiger charge is -2.42. The molecule has 2 amide bonds. The molecular weight excluding hydrogens is 397 g/mol. The first-order valence-electron chi connectivity index (χ1n) is 10.8. The van der Waals surface area contributed by atoms with Crippen molar-refractivity contribution < 1.29 is 18.7 Å². The van der Waals surface area contributed by atoms with Gasteiger partial charge in [-0.25, -0.2) is 4.39 Å². The van der Waals surface area contributed by atoms with Gasteiger partial charge in [-0.2, -0.15) is 0 Å². The van der Waals surface area contributed by atoms with Crippen molar-refractivity contribution in [3.8, 4) is 5.75 Å². The van der Waals surface area contributed by atoms with Crippen molar-refractivity contribution in [3.63, 3.8) is 0 Å². The van der Waals surface area contributed by atoms with E-state index >= 15 is 0 Å². The number of benzene rings is 2. The molecule has 0 radical (unpaired) electrons. The molecule has 2 heterocycles. The Morgan fingerprint density at radius 1 is 0.903 bits per heavy atom. The second-order valence-corrected chi connectivity index (χ2v) is 8.12. The van der Waals surface area contributed by atoms with Crippen molar-refractivity contribution in [2.24, 2.45) is 5.92 Å². The summed E-state index contributed by atoms with van der Waals surface area (Å²) in [6.07, 6.45) is 1.02. The van der Waals surface area contributed by atoms with E-state index < -0.39 is 5.82 Å². The number of hydrogen-bond acceptors (Lipinski definition) is 4. The number of carbonyl (C=O) groups excluding carboxylic acids is 2. The Balaban J connectivity index is 1.15. The SMILES string of the molecule is O=C(COc1ccccc1F)N1CC(C(=O)N2CCN(CCc3ccccc3)CC2)C1. The van der Waals surface area contributed by atoms with E-state index in [1.165, 1.54) is 17.7 Å². The zero-order chi connectivity index (χ0) is 21.6. The Morgan fingerprint density at radius 2 is 1.58 bits per heavy atom. The molecule has 7 heteroatoms. The fraction of sp³-hybridized carbons (Fsp3) is 0.417. The predicted molar refractivity (Wildman–Crippen MR) is 115 cm³/mol. The van der Waals surface area contributed by atoms with E-state index in [-0.39, 0.29) is 30.1 Å². The monoisotopic (exact) mass is 425 g/mol. The van der Waals surface area contributed by atoms with Gasteiger partial charge in [-0.1, -0.05) is 42.5 Å². The van der Waals surface area contributed by atoms with Crippen molar-refractivity contribution in [1.29, 1.82) is 0 Å². The van der Waals surface area contributed by atoms with Crippen LogP contribution in [0, 0.1) is 11.7 Å². The maximum atomic E-state index is 13.6. The third kappa shape index (κ3) is 5.41. The zero-order valence-corrected chi connectivity index (χ0v) is 17.6. The van der Waals surface area contributed by atoms with Crippen LogP contribution in [0.2, 0.25) is 0 Å². The maximum absolute atomic E-state index is 13.6. The third-order valence-electron chi connectivity index (χ3n) is 6.01. The molecule has 0 aromatic heterocycles. The van der Waals surface area contributed by atoms with Gasteiger partial charge in [-0.15, -0.1) is 0 Å². The third-order valence-corrected chi connectivity index (χ3v) is 6.01. The number of hydrogen-bond donors (Lipinski definition) is 0. The average Bonchev–Trinajstić information content (AvgIpc) is 2.77. The zero-order valence-electron chi connectivity index (χ0n) is 17.6. The molecule has 31 heavy (non-hydrogen) atoms. The van der Waals surface area contributed by atoms with Gasteiger partial charge >= 0.3 is 0 Å². The summed E-state index contributed by atoms with van der Waals surface area (Å²) < 4.78 is 18.8. The van der Waals surface area contributed by atoms with Crippen LogP contribution in [0.25, 0.3) is 0 Å². The molecule has 2 saturated heterocycles. The normalized spacial score (nSPS) is 17.3. The van der Waals surface area contributed by atoms with E-state index in [1.54, 1.807) is 17.0 Å². The highest BCUT2D eigenvalue weighted by molar-refractivity contribution is 5.85. The topological polar surface area (TPSA) is 53.1 Å². The first kappa shape index (κ1) is 21.3. The van der Waals surface area contributed by atoms with Gasteiger partial charge in [0.1, 0.15) is 0 Å². The van der Waals surface area contributed by atoms with Gasteiger partial charge in [0.15, 0.2) is 18.2 Å². The van der Waals surface area contributed by atoms with Crippen LogP contribution < -0.4 is 4.74 Å². The number of carbonyl (C=O) groups is 2. The van der Waals surface area contributed by atoms with Crippen molar-refractivity contribution in [1.82, 2.24) is 14.7 Å². The number of nitrogens with zero attached hydrogens (tertiary/aromatic N) is 3. The van der Waals surface area contributed by atoms with Crippen LogP contribution in [0.5, 0.6) is 5.75 Å². The first-order chi connectivity index (χ1) is 15.1. The molecule has 0 unspecified atom stereocenters. The molecule has 0 spiro atoms. The van der Waals surface area contributed by atoms with Crippen molar-refractivity contribution in [2.45, 2.75) is 6.42 Å². The summed E-state index contributed by atoms with van der Waals surface area (Å²) >= 11 is 0. The van der Waals surface area contributed by atoms with Gasteiger partial charge in [0.05, 0.1) is 5.92 Å². The largest absolute Gasteiger partial charge is 0.481 e. The molecule has 0 N–H and O–H groups in total. The van der Waals surface area contributed by atoms with Crippen LogP contribution >= 0.6 is 0 Å². The Hall–Kier alpha value is -2.93. The highest BCUT2D eigenvalue weighted by Gasteiger charge is 2.38.